The van der Waals surface area contributed by atoms with Crippen LogP contribution in [0.25, 0.3) is 0 Å². The lowest BCUT2D eigenvalue weighted by molar-refractivity contribution is 0.0137. The highest BCUT2D eigenvalue weighted by Crippen LogP contribution is 2.22. The maximum atomic E-state index is 13.5. The van der Waals surface area contributed by atoms with Crippen molar-refractivity contribution in [3.63, 3.8) is 0 Å². The van der Waals surface area contributed by atoms with Crippen LogP contribution < -0.4 is 10.5 Å². The lowest BCUT2D eigenvalue weighted by Crippen LogP contribution is -2.30. The Morgan fingerprint density at radius 3 is 2.61 bits per heavy atom. The van der Waals surface area contributed by atoms with E-state index in [0.717, 1.165) is 31.2 Å². The molecule has 0 spiro atoms. The van der Waals surface area contributed by atoms with Gasteiger partial charge in [-0.3, -0.25) is 0 Å². The number of nitrogens with two attached hydrogens (primary N) is 1. The average molecular weight is 253 g/mol. The molecule has 0 atom stereocenters. The minimum absolute atomic E-state index is 0.259. The number of ether oxygens (including phenoxy) is 2. The summed E-state index contributed by atoms with van der Waals surface area (Å²) in [7, 11) is 1.46. The number of hydrogen-bond donors (Lipinski definition) is 1. The fraction of sp³-hybridized carbons (Fsp3) is 0.571. The molecule has 0 unspecified atom stereocenters. The minimum atomic E-state index is -0.343. The summed E-state index contributed by atoms with van der Waals surface area (Å²) in [6, 6.07) is 5.25. The standard InChI is InChI=1S/C14H20FNO2/c1-17-14-7-2-10(8-13(14)15)9-18-12-5-3-11(16)4-6-12/h2,7-8,11-12H,3-6,9,16H2,1H3. The molecule has 1 aromatic rings. The van der Waals surface area contributed by atoms with Gasteiger partial charge in [0.25, 0.3) is 0 Å². The number of benzene rings is 1. The molecule has 1 aliphatic rings. The van der Waals surface area contributed by atoms with Gasteiger partial charge in [0.1, 0.15) is 0 Å². The number of methoxy groups -OCH3 is 1. The van der Waals surface area contributed by atoms with E-state index in [4.69, 9.17) is 15.2 Å². The van der Waals surface area contributed by atoms with E-state index in [1.54, 1.807) is 6.07 Å². The molecular weight excluding hydrogens is 233 g/mol. The van der Waals surface area contributed by atoms with Gasteiger partial charge in [-0.15, -0.1) is 0 Å². The van der Waals surface area contributed by atoms with Crippen LogP contribution in [-0.4, -0.2) is 19.3 Å². The van der Waals surface area contributed by atoms with Gasteiger partial charge >= 0.3 is 0 Å². The number of hydrogen-bond acceptors (Lipinski definition) is 3. The lowest BCUT2D eigenvalue weighted by Gasteiger charge is -2.26. The average Bonchev–Trinajstić information content (AvgIpc) is 2.38. The van der Waals surface area contributed by atoms with Crippen LogP contribution in [0.2, 0.25) is 0 Å². The summed E-state index contributed by atoms with van der Waals surface area (Å²) in [5, 5.41) is 0. The van der Waals surface area contributed by atoms with E-state index in [0.29, 0.717) is 12.6 Å². The second-order valence-corrected chi connectivity index (χ2v) is 4.82. The second kappa shape index (κ2) is 6.16. The van der Waals surface area contributed by atoms with Crippen LogP contribution >= 0.6 is 0 Å². The van der Waals surface area contributed by atoms with Crippen molar-refractivity contribution < 1.29 is 13.9 Å². The largest absolute Gasteiger partial charge is 0.494 e. The Balaban J connectivity index is 1.84. The Labute approximate surface area is 107 Å². The number of rotatable bonds is 4. The summed E-state index contributed by atoms with van der Waals surface area (Å²) in [4.78, 5) is 0. The van der Waals surface area contributed by atoms with Gasteiger partial charge in [-0.1, -0.05) is 6.07 Å². The first-order valence-electron chi connectivity index (χ1n) is 6.38. The molecule has 0 radical (unpaired) electrons. The van der Waals surface area contributed by atoms with E-state index in [9.17, 15) is 4.39 Å². The third kappa shape index (κ3) is 3.43. The summed E-state index contributed by atoms with van der Waals surface area (Å²) in [5.41, 5.74) is 6.67. The third-order valence-electron chi connectivity index (χ3n) is 3.42. The van der Waals surface area contributed by atoms with Crippen molar-refractivity contribution in [1.29, 1.82) is 0 Å². The molecule has 0 heterocycles. The van der Waals surface area contributed by atoms with E-state index in [1.807, 2.05) is 6.07 Å². The summed E-state index contributed by atoms with van der Waals surface area (Å²) in [6.07, 6.45) is 4.29. The van der Waals surface area contributed by atoms with E-state index in [1.165, 1.54) is 13.2 Å². The van der Waals surface area contributed by atoms with Crippen molar-refractivity contribution in [3.8, 4) is 5.75 Å². The molecule has 4 heteroatoms. The maximum Gasteiger partial charge on any atom is 0.165 e. The topological polar surface area (TPSA) is 44.5 Å². The molecular formula is C14H20FNO2. The lowest BCUT2D eigenvalue weighted by atomic mass is 9.94. The molecule has 2 rings (SSSR count). The van der Waals surface area contributed by atoms with Crippen molar-refractivity contribution >= 4 is 0 Å². The number of halogens is 1. The molecule has 0 amide bonds. The van der Waals surface area contributed by atoms with Gasteiger partial charge in [0.15, 0.2) is 11.6 Å². The van der Waals surface area contributed by atoms with Crippen LogP contribution in [0.3, 0.4) is 0 Å². The third-order valence-corrected chi connectivity index (χ3v) is 3.42. The minimum Gasteiger partial charge on any atom is -0.494 e. The van der Waals surface area contributed by atoms with Crippen LogP contribution in [0.15, 0.2) is 18.2 Å². The van der Waals surface area contributed by atoms with Gasteiger partial charge in [0.05, 0.1) is 19.8 Å². The molecule has 100 valence electrons. The molecule has 1 saturated carbocycles. The first kappa shape index (κ1) is 13.3. The molecule has 18 heavy (non-hydrogen) atoms. The molecule has 0 bridgehead atoms. The monoisotopic (exact) mass is 253 g/mol. The summed E-state index contributed by atoms with van der Waals surface area (Å²) < 4.78 is 24.1. The van der Waals surface area contributed by atoms with E-state index < -0.39 is 0 Å². The normalized spacial score (nSPS) is 23.9. The molecule has 0 saturated heterocycles. The zero-order chi connectivity index (χ0) is 13.0. The van der Waals surface area contributed by atoms with E-state index in [-0.39, 0.29) is 17.7 Å². The van der Waals surface area contributed by atoms with Crippen molar-refractivity contribution in [3.05, 3.63) is 29.6 Å². The second-order valence-electron chi connectivity index (χ2n) is 4.82. The van der Waals surface area contributed by atoms with Crippen molar-refractivity contribution in [2.45, 2.75) is 44.4 Å². The van der Waals surface area contributed by atoms with Gasteiger partial charge in [-0.25, -0.2) is 4.39 Å². The summed E-state index contributed by atoms with van der Waals surface area (Å²) in [6.45, 7) is 0.445. The molecule has 1 aromatic carbocycles. The van der Waals surface area contributed by atoms with Crippen molar-refractivity contribution in [1.82, 2.24) is 0 Å². The highest BCUT2D eigenvalue weighted by Gasteiger charge is 2.18. The van der Waals surface area contributed by atoms with Crippen molar-refractivity contribution in [2.75, 3.05) is 7.11 Å². The summed E-state index contributed by atoms with van der Waals surface area (Å²) >= 11 is 0. The highest BCUT2D eigenvalue weighted by atomic mass is 19.1. The molecule has 2 N–H and O–H groups in total. The van der Waals surface area contributed by atoms with Crippen LogP contribution in [-0.2, 0) is 11.3 Å². The smallest absolute Gasteiger partial charge is 0.165 e. The van der Waals surface area contributed by atoms with Crippen LogP contribution in [0.4, 0.5) is 4.39 Å². The Hall–Kier alpha value is -1.13. The Bertz CT molecular complexity index is 389. The Morgan fingerprint density at radius 1 is 1.28 bits per heavy atom. The molecule has 1 fully saturated rings. The van der Waals surface area contributed by atoms with Gasteiger partial charge in [0, 0.05) is 6.04 Å². The van der Waals surface area contributed by atoms with Crippen LogP contribution in [0.5, 0.6) is 5.75 Å². The maximum absolute atomic E-state index is 13.5. The predicted molar refractivity (Wildman–Crippen MR) is 68.0 cm³/mol. The molecule has 1 aliphatic carbocycles. The molecule has 0 aromatic heterocycles. The van der Waals surface area contributed by atoms with Crippen LogP contribution in [0, 0.1) is 5.82 Å². The van der Waals surface area contributed by atoms with Crippen molar-refractivity contribution in [2.24, 2.45) is 5.73 Å². The fourth-order valence-electron chi connectivity index (χ4n) is 2.27. The fourth-order valence-corrected chi connectivity index (χ4v) is 2.27. The van der Waals surface area contributed by atoms with Gasteiger partial charge in [-0.2, -0.15) is 0 Å². The van der Waals surface area contributed by atoms with Gasteiger partial charge < -0.3 is 15.2 Å². The SMILES string of the molecule is COc1ccc(COC2CCC(N)CC2)cc1F. The zero-order valence-electron chi connectivity index (χ0n) is 10.7. The van der Waals surface area contributed by atoms with Gasteiger partial charge in [-0.05, 0) is 43.4 Å². The highest BCUT2D eigenvalue weighted by molar-refractivity contribution is 5.28. The quantitative estimate of drug-likeness (QED) is 0.897. The predicted octanol–water partition coefficient (Wildman–Crippen LogP) is 2.62. The Kier molecular flexibility index (Phi) is 4.55. The molecule has 0 aliphatic heterocycles. The van der Waals surface area contributed by atoms with Crippen LogP contribution in [0.1, 0.15) is 31.2 Å². The Morgan fingerprint density at radius 2 is 2.00 bits per heavy atom. The first-order chi connectivity index (χ1) is 8.69. The first-order valence-corrected chi connectivity index (χ1v) is 6.38. The van der Waals surface area contributed by atoms with Gasteiger partial charge in [0.2, 0.25) is 0 Å². The zero-order valence-corrected chi connectivity index (χ0v) is 10.7. The van der Waals surface area contributed by atoms with E-state index in [2.05, 4.69) is 0 Å². The molecule has 3 nitrogen and oxygen atoms in total. The summed E-state index contributed by atoms with van der Waals surface area (Å²) in [5.74, 6) is -0.0772. The van der Waals surface area contributed by atoms with E-state index >= 15 is 0 Å².